The number of anilines is 2. The molecule has 0 aliphatic heterocycles. The van der Waals surface area contributed by atoms with Gasteiger partial charge in [0, 0.05) is 11.1 Å². The fraction of sp³-hybridized carbons (Fsp3) is 0.0625. The summed E-state index contributed by atoms with van der Waals surface area (Å²) in [5, 5.41) is 11.0. The highest BCUT2D eigenvalue weighted by Crippen LogP contribution is 2.19. The highest BCUT2D eigenvalue weighted by atomic mass is 16.3. The van der Waals surface area contributed by atoms with Crippen LogP contribution in [0.5, 0.6) is 0 Å². The molecule has 3 aromatic carbocycles. The predicted molar refractivity (Wildman–Crippen MR) is 155 cm³/mol. The summed E-state index contributed by atoms with van der Waals surface area (Å²) in [5.41, 5.74) is 1.83. The highest BCUT2D eigenvalue weighted by Gasteiger charge is 2.17. The van der Waals surface area contributed by atoms with Crippen LogP contribution < -0.4 is 21.3 Å². The predicted octanol–water partition coefficient (Wildman–Crippen LogP) is 5.24. The Morgan fingerprint density at radius 3 is 1.26 bits per heavy atom. The van der Waals surface area contributed by atoms with Gasteiger partial charge in [-0.3, -0.25) is 19.2 Å². The normalized spacial score (nSPS) is 10.5. The Morgan fingerprint density at radius 2 is 0.881 bits per heavy atom. The van der Waals surface area contributed by atoms with Gasteiger partial charge in [0.1, 0.15) is 11.5 Å². The number of carbonyl (C=O) groups excluding carboxylic acids is 4. The summed E-state index contributed by atoms with van der Waals surface area (Å²) in [4.78, 5) is 51.4. The van der Waals surface area contributed by atoms with Gasteiger partial charge in [0.05, 0.1) is 48.1 Å². The number of para-hydroxylation sites is 2. The van der Waals surface area contributed by atoms with Crippen LogP contribution in [-0.2, 0) is 13.1 Å². The van der Waals surface area contributed by atoms with Gasteiger partial charge in [0.15, 0.2) is 0 Å². The second kappa shape index (κ2) is 13.0. The first-order valence-corrected chi connectivity index (χ1v) is 13.0. The summed E-state index contributed by atoms with van der Waals surface area (Å²) in [7, 11) is 0. The first kappa shape index (κ1) is 27.7. The molecule has 5 aromatic rings. The Bertz CT molecular complexity index is 1570. The van der Waals surface area contributed by atoms with Crippen molar-refractivity contribution in [1.29, 1.82) is 0 Å². The zero-order valence-corrected chi connectivity index (χ0v) is 22.3. The maximum atomic E-state index is 13.0. The zero-order chi connectivity index (χ0) is 29.3. The second-order valence-electron chi connectivity index (χ2n) is 9.10. The number of hydrogen-bond donors (Lipinski definition) is 4. The van der Waals surface area contributed by atoms with E-state index >= 15 is 0 Å². The van der Waals surface area contributed by atoms with Gasteiger partial charge >= 0.3 is 0 Å². The molecule has 210 valence electrons. The molecule has 4 N–H and O–H groups in total. The lowest BCUT2D eigenvalue weighted by Crippen LogP contribution is -2.25. The first-order valence-electron chi connectivity index (χ1n) is 13.0. The number of nitrogens with one attached hydrogen (secondary N) is 4. The molecular weight excluding hydrogens is 536 g/mol. The van der Waals surface area contributed by atoms with Crippen molar-refractivity contribution in [3.8, 4) is 0 Å². The molecule has 42 heavy (non-hydrogen) atoms. The maximum Gasteiger partial charge on any atom is 0.255 e. The van der Waals surface area contributed by atoms with Gasteiger partial charge in [-0.05, 0) is 72.8 Å². The summed E-state index contributed by atoms with van der Waals surface area (Å²) < 4.78 is 10.5. The van der Waals surface area contributed by atoms with E-state index in [1.807, 2.05) is 0 Å². The number of amides is 4. The average molecular weight is 563 g/mol. The Labute approximate surface area is 240 Å². The van der Waals surface area contributed by atoms with Crippen LogP contribution in [0.25, 0.3) is 0 Å². The second-order valence-corrected chi connectivity index (χ2v) is 9.10. The molecule has 0 radical (unpaired) electrons. The third kappa shape index (κ3) is 6.80. The summed E-state index contributed by atoms with van der Waals surface area (Å²) in [6, 6.07) is 26.3. The molecule has 0 atom stereocenters. The van der Waals surface area contributed by atoms with Gasteiger partial charge in [0.2, 0.25) is 0 Å². The Balaban J connectivity index is 1.21. The molecule has 4 amide bonds. The minimum atomic E-state index is -0.452. The van der Waals surface area contributed by atoms with Crippen molar-refractivity contribution in [2.75, 3.05) is 10.6 Å². The molecule has 0 unspecified atom stereocenters. The van der Waals surface area contributed by atoms with Gasteiger partial charge in [-0.1, -0.05) is 24.3 Å². The molecule has 2 aromatic heterocycles. The lowest BCUT2D eigenvalue weighted by atomic mass is 10.1. The van der Waals surface area contributed by atoms with Crippen molar-refractivity contribution < 1.29 is 28.0 Å². The van der Waals surface area contributed by atoms with Crippen molar-refractivity contribution in [2.45, 2.75) is 13.1 Å². The van der Waals surface area contributed by atoms with Crippen LogP contribution in [0.1, 0.15) is 53.0 Å². The molecule has 0 bridgehead atoms. The van der Waals surface area contributed by atoms with E-state index in [-0.39, 0.29) is 36.0 Å². The Hall–Kier alpha value is -5.90. The van der Waals surface area contributed by atoms with Crippen molar-refractivity contribution >= 4 is 35.0 Å². The van der Waals surface area contributed by atoms with Crippen LogP contribution in [0.2, 0.25) is 0 Å². The van der Waals surface area contributed by atoms with Crippen molar-refractivity contribution in [2.24, 2.45) is 0 Å². The molecule has 0 aliphatic carbocycles. The lowest BCUT2D eigenvalue weighted by molar-refractivity contribution is 0.0940. The van der Waals surface area contributed by atoms with E-state index in [0.29, 0.717) is 34.0 Å². The zero-order valence-electron chi connectivity index (χ0n) is 22.3. The third-order valence-electron chi connectivity index (χ3n) is 6.26. The number of rotatable bonds is 10. The van der Waals surface area contributed by atoms with Crippen LogP contribution in [0.3, 0.4) is 0 Å². The van der Waals surface area contributed by atoms with Crippen LogP contribution in [0, 0.1) is 0 Å². The summed E-state index contributed by atoms with van der Waals surface area (Å²) in [6.45, 7) is 0.412. The van der Waals surface area contributed by atoms with Crippen molar-refractivity contribution in [3.63, 3.8) is 0 Å². The molecule has 10 nitrogen and oxygen atoms in total. The van der Waals surface area contributed by atoms with E-state index in [0.717, 1.165) is 0 Å². The van der Waals surface area contributed by atoms with E-state index < -0.39 is 11.8 Å². The quantitative estimate of drug-likeness (QED) is 0.183. The van der Waals surface area contributed by atoms with Crippen molar-refractivity contribution in [1.82, 2.24) is 10.6 Å². The molecule has 0 saturated carbocycles. The van der Waals surface area contributed by atoms with Crippen molar-refractivity contribution in [3.05, 3.63) is 143 Å². The van der Waals surface area contributed by atoms with Gasteiger partial charge in [-0.15, -0.1) is 0 Å². The largest absolute Gasteiger partial charge is 0.467 e. The average Bonchev–Trinajstić information content (AvgIpc) is 3.74. The minimum absolute atomic E-state index is 0.206. The van der Waals surface area contributed by atoms with E-state index in [4.69, 9.17) is 8.83 Å². The number of furan rings is 2. The molecular formula is C32H26N4O6. The fourth-order valence-corrected chi connectivity index (χ4v) is 4.09. The summed E-state index contributed by atoms with van der Waals surface area (Å²) in [5.74, 6) is -0.441. The summed E-state index contributed by atoms with van der Waals surface area (Å²) >= 11 is 0. The topological polar surface area (TPSA) is 143 Å². The lowest BCUT2D eigenvalue weighted by Gasteiger charge is -2.12. The smallest absolute Gasteiger partial charge is 0.255 e. The van der Waals surface area contributed by atoms with Gasteiger partial charge < -0.3 is 30.1 Å². The standard InChI is InChI=1S/C32H26N4O6/c37-29(35-27-11-3-1-9-25(27)31(39)33-19-23-7-5-17-41-23)21-13-15-22(16-14-21)30(38)36-28-12-4-2-10-26(28)32(40)34-20-24-8-6-18-42-24/h1-18H,19-20H2,(H,33,39)(H,34,40)(H,35,37)(H,36,38). The van der Waals surface area contributed by atoms with E-state index in [9.17, 15) is 19.2 Å². The van der Waals surface area contributed by atoms with E-state index in [2.05, 4.69) is 21.3 Å². The van der Waals surface area contributed by atoms with E-state index in [1.165, 1.54) is 36.8 Å². The van der Waals surface area contributed by atoms with E-state index in [1.54, 1.807) is 72.8 Å². The molecule has 0 fully saturated rings. The maximum absolute atomic E-state index is 13.0. The molecule has 10 heteroatoms. The monoisotopic (exact) mass is 562 g/mol. The molecule has 0 saturated heterocycles. The minimum Gasteiger partial charge on any atom is -0.467 e. The van der Waals surface area contributed by atoms with Gasteiger partial charge in [-0.2, -0.15) is 0 Å². The Kier molecular flexibility index (Phi) is 8.54. The van der Waals surface area contributed by atoms with Crippen LogP contribution >= 0.6 is 0 Å². The fourth-order valence-electron chi connectivity index (χ4n) is 4.09. The van der Waals surface area contributed by atoms with Gasteiger partial charge in [-0.25, -0.2) is 0 Å². The van der Waals surface area contributed by atoms with Crippen LogP contribution in [0.15, 0.2) is 118 Å². The highest BCUT2D eigenvalue weighted by molar-refractivity contribution is 6.11. The number of hydrogen-bond acceptors (Lipinski definition) is 6. The number of benzene rings is 3. The molecule has 5 rings (SSSR count). The Morgan fingerprint density at radius 1 is 0.476 bits per heavy atom. The first-order chi connectivity index (χ1) is 20.5. The van der Waals surface area contributed by atoms with Crippen LogP contribution in [-0.4, -0.2) is 23.6 Å². The van der Waals surface area contributed by atoms with Crippen LogP contribution in [0.4, 0.5) is 11.4 Å². The number of carbonyl (C=O) groups is 4. The SMILES string of the molecule is O=C(Nc1ccccc1C(=O)NCc1ccco1)c1ccc(C(=O)Nc2ccccc2C(=O)NCc2ccco2)cc1. The third-order valence-corrected chi connectivity index (χ3v) is 6.26. The molecule has 0 aliphatic rings. The summed E-state index contributed by atoms with van der Waals surface area (Å²) in [6.07, 6.45) is 3.04. The molecule has 2 heterocycles. The molecule has 0 spiro atoms. The van der Waals surface area contributed by atoms with Gasteiger partial charge in [0.25, 0.3) is 23.6 Å².